The lowest BCUT2D eigenvalue weighted by atomic mass is 10.0. The van der Waals surface area contributed by atoms with Crippen LogP contribution in [0.1, 0.15) is 30.9 Å². The first-order valence-electron chi connectivity index (χ1n) is 12.7. The van der Waals surface area contributed by atoms with E-state index in [2.05, 4.69) is 36.9 Å². The highest BCUT2D eigenvalue weighted by Gasteiger charge is 2.34. The van der Waals surface area contributed by atoms with Gasteiger partial charge in [0.05, 0.1) is 18.1 Å². The fraction of sp³-hybridized carbons (Fsp3) is 0.357. The third-order valence-electron chi connectivity index (χ3n) is 6.85. The van der Waals surface area contributed by atoms with Crippen LogP contribution in [0.5, 0.6) is 0 Å². The van der Waals surface area contributed by atoms with Crippen LogP contribution in [0.4, 0.5) is 11.8 Å². The molecule has 5 rings (SSSR count). The predicted molar refractivity (Wildman–Crippen MR) is 146 cm³/mol. The number of piperazine rings is 1. The predicted octanol–water partition coefficient (Wildman–Crippen LogP) is 4.35. The number of aromatic nitrogens is 3. The van der Waals surface area contributed by atoms with Crippen molar-refractivity contribution >= 4 is 41.0 Å². The van der Waals surface area contributed by atoms with Crippen LogP contribution < -0.4 is 5.32 Å². The average Bonchev–Trinajstić information content (AvgIpc) is 3.69. The number of H-pyrrole nitrogens is 1. The molecule has 2 N–H and O–H groups in total. The molecule has 3 aromatic rings. The number of rotatable bonds is 9. The molecule has 1 saturated heterocycles. The smallest absolute Gasteiger partial charge is 0.225 e. The number of allylic oxidation sites excluding steroid dienone is 2. The minimum absolute atomic E-state index is 0.295. The lowest BCUT2D eigenvalue weighted by Crippen LogP contribution is -2.48. The fourth-order valence-electron chi connectivity index (χ4n) is 4.73. The van der Waals surface area contributed by atoms with Crippen LogP contribution >= 0.6 is 0 Å². The van der Waals surface area contributed by atoms with E-state index in [0.717, 1.165) is 79.3 Å². The Balaban J connectivity index is 1.25. The van der Waals surface area contributed by atoms with Crippen LogP contribution in [-0.2, 0) is 16.1 Å². The van der Waals surface area contributed by atoms with Crippen molar-refractivity contribution in [3.05, 3.63) is 65.7 Å². The summed E-state index contributed by atoms with van der Waals surface area (Å²) in [6.45, 7) is 9.74. The summed E-state index contributed by atoms with van der Waals surface area (Å²) in [4.78, 5) is 33.2. The summed E-state index contributed by atoms with van der Waals surface area (Å²) in [6, 6.07) is 10.1. The molecule has 0 atom stereocenters. The maximum absolute atomic E-state index is 12.3. The summed E-state index contributed by atoms with van der Waals surface area (Å²) in [5, 5.41) is 3.30. The Morgan fingerprint density at radius 2 is 2.05 bits per heavy atom. The summed E-state index contributed by atoms with van der Waals surface area (Å²) in [7, 11) is 1.64. The van der Waals surface area contributed by atoms with Gasteiger partial charge in [-0.25, -0.2) is 9.97 Å². The van der Waals surface area contributed by atoms with E-state index >= 15 is 0 Å². The molecule has 0 radical (unpaired) electrons. The minimum Gasteiger partial charge on any atom is -0.496 e. The number of benzene rings is 1. The molecule has 3 heterocycles. The second-order valence-corrected chi connectivity index (χ2v) is 9.45. The van der Waals surface area contributed by atoms with Gasteiger partial charge in [0.1, 0.15) is 11.6 Å². The van der Waals surface area contributed by atoms with Crippen molar-refractivity contribution in [2.75, 3.05) is 38.6 Å². The van der Waals surface area contributed by atoms with E-state index in [1.807, 2.05) is 54.4 Å². The van der Waals surface area contributed by atoms with Crippen LogP contribution in [0.15, 0.2) is 59.6 Å². The number of nitrogens with zero attached hydrogens (tertiary/aromatic N) is 5. The number of carbonyl (C=O) groups is 1. The van der Waals surface area contributed by atoms with Crippen molar-refractivity contribution in [2.24, 2.45) is 10.9 Å². The number of pyridine rings is 1. The van der Waals surface area contributed by atoms with Crippen LogP contribution in [0.25, 0.3) is 16.6 Å². The highest BCUT2D eigenvalue weighted by atomic mass is 16.5. The monoisotopic (exact) mass is 499 g/mol. The van der Waals surface area contributed by atoms with Gasteiger partial charge in [-0.2, -0.15) is 0 Å². The summed E-state index contributed by atoms with van der Waals surface area (Å²) < 4.78 is 5.50. The van der Waals surface area contributed by atoms with Crippen LogP contribution in [-0.4, -0.2) is 70.7 Å². The number of fused-ring (bicyclic) bond motifs is 1. The fourth-order valence-corrected chi connectivity index (χ4v) is 4.73. The molecule has 0 bridgehead atoms. The number of amides is 1. The van der Waals surface area contributed by atoms with E-state index in [0.29, 0.717) is 17.8 Å². The molecule has 1 aromatic carbocycles. The number of anilines is 2. The first-order valence-corrected chi connectivity index (χ1v) is 12.7. The second kappa shape index (κ2) is 11.0. The molecule has 9 heteroatoms. The number of ether oxygens (including phenoxy) is 1. The molecule has 2 aromatic heterocycles. The summed E-state index contributed by atoms with van der Waals surface area (Å²) in [6.07, 6.45) is 7.53. The van der Waals surface area contributed by atoms with Crippen molar-refractivity contribution in [3.8, 4) is 0 Å². The molecule has 2 fully saturated rings. The topological polar surface area (TPSA) is 98.7 Å². The van der Waals surface area contributed by atoms with Gasteiger partial charge in [0.2, 0.25) is 11.9 Å². The standard InChI is InChI=1S/C28H33N7O2/c1-4-25(37-3)22(17-29-2)21-7-8-23-24(16-21)32-28(31-23)33-26-15-19(9-10-30-26)18-34-11-13-35(14-12-34)27(36)20-5-6-20/h4,7-10,15-17,20H,2,5-6,11-14,18H2,1,3H3,(H2,30,31,32,33)/b22-17-,25-4+. The molecule has 1 amide bonds. The Morgan fingerprint density at radius 3 is 2.76 bits per heavy atom. The number of aromatic amines is 1. The SMILES string of the molecule is C=N/C=C(\C(=C/C)OC)c1ccc2nc(Nc3cc(CN4CCN(C(=O)C5CC5)CC4)ccn3)[nH]c2c1. The normalized spacial score (nSPS) is 17.2. The third-order valence-corrected chi connectivity index (χ3v) is 6.85. The first kappa shape index (κ1) is 24.7. The van der Waals surface area contributed by atoms with Gasteiger partial charge < -0.3 is 19.9 Å². The maximum Gasteiger partial charge on any atom is 0.225 e. The van der Waals surface area contributed by atoms with Gasteiger partial charge in [0.15, 0.2) is 0 Å². The van der Waals surface area contributed by atoms with Crippen molar-refractivity contribution in [3.63, 3.8) is 0 Å². The van der Waals surface area contributed by atoms with Gasteiger partial charge in [-0.1, -0.05) is 6.07 Å². The van der Waals surface area contributed by atoms with Gasteiger partial charge in [0, 0.05) is 56.6 Å². The highest BCUT2D eigenvalue weighted by molar-refractivity contribution is 5.86. The lowest BCUT2D eigenvalue weighted by molar-refractivity contribution is -0.134. The quantitative estimate of drug-likeness (QED) is 0.258. The number of aliphatic imine (C=N–C) groups is 1. The van der Waals surface area contributed by atoms with Gasteiger partial charge >= 0.3 is 0 Å². The summed E-state index contributed by atoms with van der Waals surface area (Å²) >= 11 is 0. The number of carbonyl (C=O) groups excluding carboxylic acids is 1. The largest absolute Gasteiger partial charge is 0.496 e. The molecule has 192 valence electrons. The average molecular weight is 500 g/mol. The number of nitrogens with one attached hydrogen (secondary N) is 2. The molecular formula is C28H33N7O2. The molecule has 1 aliphatic carbocycles. The number of methoxy groups -OCH3 is 1. The number of hydrogen-bond acceptors (Lipinski definition) is 7. The van der Waals surface area contributed by atoms with Crippen molar-refractivity contribution in [1.29, 1.82) is 0 Å². The molecular weight excluding hydrogens is 466 g/mol. The number of hydrogen-bond donors (Lipinski definition) is 2. The first-order chi connectivity index (χ1) is 18.1. The lowest BCUT2D eigenvalue weighted by Gasteiger charge is -2.34. The maximum atomic E-state index is 12.3. The van der Waals surface area contributed by atoms with Gasteiger partial charge in [-0.05, 0) is 68.0 Å². The van der Waals surface area contributed by atoms with E-state index in [9.17, 15) is 4.79 Å². The second-order valence-electron chi connectivity index (χ2n) is 9.45. The van der Waals surface area contributed by atoms with E-state index in [1.54, 1.807) is 13.3 Å². The van der Waals surface area contributed by atoms with Crippen LogP contribution in [0, 0.1) is 5.92 Å². The zero-order valence-corrected chi connectivity index (χ0v) is 21.4. The summed E-state index contributed by atoms with van der Waals surface area (Å²) in [5.41, 5.74) is 4.69. The Labute approximate surface area is 217 Å². The molecule has 2 aliphatic rings. The molecule has 9 nitrogen and oxygen atoms in total. The van der Waals surface area contributed by atoms with Gasteiger partial charge in [0.25, 0.3) is 0 Å². The highest BCUT2D eigenvalue weighted by Crippen LogP contribution is 2.31. The van der Waals surface area contributed by atoms with Crippen molar-refractivity contribution in [2.45, 2.75) is 26.3 Å². The van der Waals surface area contributed by atoms with Gasteiger partial charge in [-0.3, -0.25) is 14.7 Å². The number of imidazole rings is 1. The third kappa shape index (κ3) is 5.72. The minimum atomic E-state index is 0.295. The molecule has 37 heavy (non-hydrogen) atoms. The zero-order valence-electron chi connectivity index (χ0n) is 21.4. The Hall–Kier alpha value is -3.98. The molecule has 1 saturated carbocycles. The van der Waals surface area contributed by atoms with Crippen molar-refractivity contribution < 1.29 is 9.53 Å². The molecule has 0 unspecified atom stereocenters. The van der Waals surface area contributed by atoms with E-state index in [4.69, 9.17) is 4.74 Å². The Kier molecular flexibility index (Phi) is 7.32. The Morgan fingerprint density at radius 1 is 1.24 bits per heavy atom. The van der Waals surface area contributed by atoms with Gasteiger partial charge in [-0.15, -0.1) is 0 Å². The van der Waals surface area contributed by atoms with E-state index < -0.39 is 0 Å². The van der Waals surface area contributed by atoms with Crippen LogP contribution in [0.3, 0.4) is 0 Å². The van der Waals surface area contributed by atoms with Crippen LogP contribution in [0.2, 0.25) is 0 Å². The summed E-state index contributed by atoms with van der Waals surface area (Å²) in [5.74, 6) is 2.71. The van der Waals surface area contributed by atoms with E-state index in [1.165, 1.54) is 5.56 Å². The Bertz CT molecular complexity index is 1350. The molecule has 0 spiro atoms. The zero-order chi connectivity index (χ0) is 25.8. The van der Waals surface area contributed by atoms with Crippen molar-refractivity contribution in [1.82, 2.24) is 24.8 Å². The van der Waals surface area contributed by atoms with E-state index in [-0.39, 0.29) is 0 Å². The molecule has 1 aliphatic heterocycles.